The highest BCUT2D eigenvalue weighted by Crippen LogP contribution is 2.82. The van der Waals surface area contributed by atoms with Crippen molar-refractivity contribution in [3.8, 4) is 0 Å². The minimum Gasteiger partial charge on any atom is -0.323 e. The summed E-state index contributed by atoms with van der Waals surface area (Å²) < 4.78 is 0.147. The minimum absolute atomic E-state index is 0.00534. The Morgan fingerprint density at radius 1 is 1.26 bits per heavy atom. The van der Waals surface area contributed by atoms with Gasteiger partial charge in [-0.15, -0.1) is 0 Å². The third kappa shape index (κ3) is 2.12. The Bertz CT molecular complexity index is 661. The van der Waals surface area contributed by atoms with Crippen LogP contribution in [-0.2, 0) is 4.79 Å². The van der Waals surface area contributed by atoms with Crippen LogP contribution in [0, 0.1) is 16.2 Å². The highest BCUT2D eigenvalue weighted by Gasteiger charge is 2.83. The van der Waals surface area contributed by atoms with Gasteiger partial charge in [0.15, 0.2) is 0 Å². The molecule has 0 saturated heterocycles. The molecule has 2 bridgehead atoms. The van der Waals surface area contributed by atoms with Crippen LogP contribution in [0.2, 0.25) is 10.0 Å². The van der Waals surface area contributed by atoms with E-state index in [2.05, 4.69) is 67.0 Å². The molecule has 2 nitrogen and oxygen atoms in total. The van der Waals surface area contributed by atoms with Crippen LogP contribution in [0.4, 0.5) is 5.69 Å². The van der Waals surface area contributed by atoms with E-state index in [0.29, 0.717) is 15.7 Å². The number of rotatable bonds is 3. The van der Waals surface area contributed by atoms with E-state index in [-0.39, 0.29) is 25.3 Å². The molecule has 1 N–H and O–H groups in total. The molecule has 23 heavy (non-hydrogen) atoms. The fourth-order valence-corrected chi connectivity index (χ4v) is 9.95. The summed E-state index contributed by atoms with van der Waals surface area (Å²) in [5, 5.41) is 3.88. The maximum absolute atomic E-state index is 13.2. The normalized spacial score (nSPS) is 34.3. The second-order valence-corrected chi connectivity index (χ2v) is 11.6. The van der Waals surface area contributed by atoms with Crippen molar-refractivity contribution in [1.29, 1.82) is 0 Å². The summed E-state index contributed by atoms with van der Waals surface area (Å²) in [5.74, 6) is -0.0202. The van der Waals surface area contributed by atoms with Crippen molar-refractivity contribution < 1.29 is 4.79 Å². The van der Waals surface area contributed by atoms with Crippen molar-refractivity contribution in [1.82, 2.24) is 0 Å². The van der Waals surface area contributed by atoms with Gasteiger partial charge >= 0.3 is 0 Å². The number of amides is 1. The molecule has 3 saturated carbocycles. The number of carbonyl (C=O) groups excluding carboxylic acids is 1. The molecule has 0 spiro atoms. The van der Waals surface area contributed by atoms with Gasteiger partial charge in [0.05, 0.1) is 24.9 Å². The Morgan fingerprint density at radius 2 is 1.83 bits per heavy atom. The topological polar surface area (TPSA) is 29.1 Å². The first kappa shape index (κ1) is 18.5. The number of para-hydroxylation sites is 1. The van der Waals surface area contributed by atoms with Gasteiger partial charge in [-0.2, -0.15) is 0 Å². The molecule has 0 aliphatic heterocycles. The summed E-state index contributed by atoms with van der Waals surface area (Å²) in [4.78, 5) is 13.3. The first-order valence-electron chi connectivity index (χ1n) is 7.30. The fourth-order valence-electron chi connectivity index (χ4n) is 4.54. The van der Waals surface area contributed by atoms with Crippen LogP contribution in [0.25, 0.3) is 0 Å². The van der Waals surface area contributed by atoms with Gasteiger partial charge in [0, 0.05) is 10.2 Å². The number of hydrogen-bond donors (Lipinski definition) is 1. The predicted octanol–water partition coefficient (Wildman–Crippen LogP) is 6.62. The zero-order valence-corrected chi connectivity index (χ0v) is 18.9. The van der Waals surface area contributed by atoms with E-state index in [4.69, 9.17) is 23.2 Å². The summed E-state index contributed by atoms with van der Waals surface area (Å²) >= 11 is 23.6. The van der Waals surface area contributed by atoms with Crippen molar-refractivity contribution in [2.75, 3.05) is 5.32 Å². The Balaban J connectivity index is 1.95. The largest absolute Gasteiger partial charge is 0.323 e. The van der Waals surface area contributed by atoms with E-state index in [1.807, 2.05) is 0 Å². The molecule has 0 radical (unpaired) electrons. The van der Waals surface area contributed by atoms with Crippen molar-refractivity contribution in [2.24, 2.45) is 16.2 Å². The van der Waals surface area contributed by atoms with E-state index >= 15 is 0 Å². The number of benzene rings is 1. The molecule has 1 amide bonds. The van der Waals surface area contributed by atoms with Gasteiger partial charge in [-0.1, -0.05) is 90.9 Å². The van der Waals surface area contributed by atoms with Gasteiger partial charge in [-0.05, 0) is 30.4 Å². The average Bonchev–Trinajstić information content (AvgIpc) is 2.92. The highest BCUT2D eigenvalue weighted by molar-refractivity contribution is 9.24. The second kappa shape index (κ2) is 5.87. The number of carbonyl (C=O) groups is 1. The summed E-state index contributed by atoms with van der Waals surface area (Å²) in [6.07, 6.45) is 1.80. The maximum Gasteiger partial charge on any atom is 0.232 e. The molecule has 4 rings (SSSR count). The second-order valence-electron chi connectivity index (χ2n) is 6.85. The smallest absolute Gasteiger partial charge is 0.232 e. The first-order valence-corrected chi connectivity index (χ1v) is 10.8. The lowest BCUT2D eigenvalue weighted by molar-refractivity contribution is -0.155. The van der Waals surface area contributed by atoms with E-state index in [1.54, 1.807) is 18.2 Å². The summed E-state index contributed by atoms with van der Waals surface area (Å²) in [6, 6.07) is 5.22. The molecule has 1 aromatic carbocycles. The third-order valence-corrected chi connectivity index (χ3v) is 9.96. The van der Waals surface area contributed by atoms with Crippen LogP contribution >= 0.6 is 71.0 Å². The van der Waals surface area contributed by atoms with Crippen LogP contribution < -0.4 is 5.32 Å². The maximum atomic E-state index is 13.2. The lowest BCUT2D eigenvalue weighted by Gasteiger charge is -2.66. The van der Waals surface area contributed by atoms with Gasteiger partial charge < -0.3 is 5.32 Å². The van der Waals surface area contributed by atoms with Gasteiger partial charge in [0.25, 0.3) is 0 Å². The van der Waals surface area contributed by atoms with E-state index in [0.717, 1.165) is 12.8 Å². The first-order chi connectivity index (χ1) is 10.6. The number of halogens is 5. The number of anilines is 1. The molecule has 7 heteroatoms. The van der Waals surface area contributed by atoms with Gasteiger partial charge in [-0.25, -0.2) is 0 Å². The Kier molecular flexibility index (Phi) is 4.72. The quantitative estimate of drug-likeness (QED) is 0.423. The molecule has 3 fully saturated rings. The monoisotopic (exact) mass is 545 g/mol. The number of fused-ring (bicyclic) bond motifs is 1. The molecular weight excluding hydrogens is 533 g/mol. The summed E-state index contributed by atoms with van der Waals surface area (Å²) in [7, 11) is 0. The van der Waals surface area contributed by atoms with E-state index < -0.39 is 5.41 Å². The number of nitrogens with one attached hydrogen (secondary N) is 1. The SMILES string of the molecule is CC1(C)[C@]2(C(=O)Nc3c(Cl)cccc3Cl)CC[C@@]1(C(Br)Br)[C@H]2Br. The predicted molar refractivity (Wildman–Crippen MR) is 107 cm³/mol. The molecule has 126 valence electrons. The lowest BCUT2D eigenvalue weighted by atomic mass is 9.43. The number of hydrogen-bond acceptors (Lipinski definition) is 1. The average molecular weight is 549 g/mol. The summed E-state index contributed by atoms with van der Waals surface area (Å²) in [6.45, 7) is 4.34. The van der Waals surface area contributed by atoms with Crippen molar-refractivity contribution >= 4 is 82.6 Å². The molecule has 0 heterocycles. The molecule has 0 aromatic heterocycles. The van der Waals surface area contributed by atoms with Crippen LogP contribution in [0.15, 0.2) is 18.2 Å². The van der Waals surface area contributed by atoms with Crippen LogP contribution in [0.3, 0.4) is 0 Å². The lowest BCUT2D eigenvalue weighted by Crippen LogP contribution is -2.71. The Morgan fingerprint density at radius 3 is 2.26 bits per heavy atom. The number of alkyl halides is 3. The summed E-state index contributed by atoms with van der Waals surface area (Å²) in [5.41, 5.74) is -0.155. The molecule has 3 aliphatic rings. The molecular formula is C16H16Br3Cl2NO. The molecule has 3 atom stereocenters. The van der Waals surface area contributed by atoms with Crippen molar-refractivity contribution in [3.05, 3.63) is 28.2 Å². The van der Waals surface area contributed by atoms with Crippen molar-refractivity contribution in [2.45, 2.75) is 35.3 Å². The van der Waals surface area contributed by atoms with E-state index in [9.17, 15) is 4.79 Å². The molecule has 3 aliphatic carbocycles. The zero-order chi connectivity index (χ0) is 17.2. The fraction of sp³-hybridized carbons (Fsp3) is 0.562. The van der Waals surface area contributed by atoms with Crippen LogP contribution in [-0.4, -0.2) is 14.5 Å². The standard InChI is InChI=1S/C16H16Br3Cl2NO/c1-14(2)15(12(18)19)6-7-16(14,11(15)17)13(23)22-10-8(20)4-3-5-9(10)21/h3-5,11-12H,6-7H2,1-2H3,(H,22,23)/t11-,15+,16-/m1/s1. The van der Waals surface area contributed by atoms with Crippen LogP contribution in [0.5, 0.6) is 0 Å². The van der Waals surface area contributed by atoms with Gasteiger partial charge in [0.1, 0.15) is 0 Å². The van der Waals surface area contributed by atoms with Crippen LogP contribution in [0.1, 0.15) is 26.7 Å². The zero-order valence-electron chi connectivity index (χ0n) is 12.6. The Labute approximate surface area is 171 Å². The molecule has 1 aromatic rings. The van der Waals surface area contributed by atoms with Gasteiger partial charge in [0.2, 0.25) is 5.91 Å². The highest BCUT2D eigenvalue weighted by atomic mass is 79.9. The van der Waals surface area contributed by atoms with Gasteiger partial charge in [-0.3, -0.25) is 4.79 Å². The Hall–Kier alpha value is 0.710. The minimum atomic E-state index is -0.477. The molecule has 0 unspecified atom stereocenters. The van der Waals surface area contributed by atoms with E-state index in [1.165, 1.54) is 0 Å². The third-order valence-electron chi connectivity index (χ3n) is 6.09. The van der Waals surface area contributed by atoms with Crippen molar-refractivity contribution in [3.63, 3.8) is 0 Å².